The van der Waals surface area contributed by atoms with Gasteiger partial charge in [0.2, 0.25) is 0 Å². The lowest BCUT2D eigenvalue weighted by atomic mass is 9.98. The van der Waals surface area contributed by atoms with E-state index < -0.39 is 0 Å². The number of rotatable bonds is 4. The zero-order valence-corrected chi connectivity index (χ0v) is 10.7. The molecule has 2 aromatic carbocycles. The van der Waals surface area contributed by atoms with Crippen molar-refractivity contribution in [3.8, 4) is 0 Å². The van der Waals surface area contributed by atoms with Gasteiger partial charge in [-0.05, 0) is 23.3 Å². The summed E-state index contributed by atoms with van der Waals surface area (Å²) in [5, 5.41) is 8.74. The Morgan fingerprint density at radius 1 is 1.06 bits per heavy atom. The number of halogens is 1. The molecule has 0 saturated carbocycles. The van der Waals surface area contributed by atoms with E-state index in [1.54, 1.807) is 12.1 Å². The van der Waals surface area contributed by atoms with Crippen LogP contribution in [-0.2, 0) is 0 Å². The predicted molar refractivity (Wildman–Crippen MR) is 76.3 cm³/mol. The molecule has 0 aliphatic heterocycles. The maximum Gasteiger partial charge on any atom is 0.0406 e. The first-order chi connectivity index (χ1) is 8.66. The highest BCUT2D eigenvalue weighted by molar-refractivity contribution is 6.30. The van der Waals surface area contributed by atoms with Crippen LogP contribution in [0.4, 0.5) is 0 Å². The molecule has 2 nitrogen and oxygen atoms in total. The topological polar surface area (TPSA) is 49.9 Å². The summed E-state index contributed by atoms with van der Waals surface area (Å²) in [5.74, 6) is 0. The van der Waals surface area contributed by atoms with E-state index in [9.17, 15) is 0 Å². The molecule has 0 aliphatic carbocycles. The number of hydrogen-bond donors (Lipinski definition) is 2. The SMILES string of the molecule is N=C(CC(N)c1ccccc1)c1ccc(Cl)cc1. The summed E-state index contributed by atoms with van der Waals surface area (Å²) in [6.07, 6.45) is 0.519. The van der Waals surface area contributed by atoms with Crippen molar-refractivity contribution < 1.29 is 0 Å². The van der Waals surface area contributed by atoms with E-state index >= 15 is 0 Å². The van der Waals surface area contributed by atoms with Crippen LogP contribution >= 0.6 is 11.6 Å². The van der Waals surface area contributed by atoms with Crippen molar-refractivity contribution in [2.24, 2.45) is 5.73 Å². The second-order valence-electron chi connectivity index (χ2n) is 4.21. The molecule has 2 aromatic rings. The predicted octanol–water partition coefficient (Wildman–Crippen LogP) is 3.80. The Labute approximate surface area is 112 Å². The van der Waals surface area contributed by atoms with Gasteiger partial charge in [0.15, 0.2) is 0 Å². The molecule has 3 heteroatoms. The first-order valence-electron chi connectivity index (χ1n) is 5.80. The quantitative estimate of drug-likeness (QED) is 0.806. The van der Waals surface area contributed by atoms with Crippen LogP contribution in [0.1, 0.15) is 23.6 Å². The van der Waals surface area contributed by atoms with Gasteiger partial charge in [0.05, 0.1) is 0 Å². The van der Waals surface area contributed by atoms with Gasteiger partial charge in [-0.15, -0.1) is 0 Å². The number of benzene rings is 2. The van der Waals surface area contributed by atoms with E-state index in [0.717, 1.165) is 11.1 Å². The first kappa shape index (κ1) is 12.8. The molecule has 0 aliphatic rings. The molecule has 92 valence electrons. The number of hydrogen-bond acceptors (Lipinski definition) is 2. The third-order valence-electron chi connectivity index (χ3n) is 2.84. The lowest BCUT2D eigenvalue weighted by Gasteiger charge is -2.13. The Kier molecular flexibility index (Phi) is 4.13. The van der Waals surface area contributed by atoms with E-state index in [-0.39, 0.29) is 6.04 Å². The first-order valence-corrected chi connectivity index (χ1v) is 6.18. The number of nitrogens with two attached hydrogens (primary N) is 1. The minimum absolute atomic E-state index is 0.144. The van der Waals surface area contributed by atoms with Crippen LogP contribution in [0.3, 0.4) is 0 Å². The molecule has 3 N–H and O–H groups in total. The summed E-state index contributed by atoms with van der Waals surface area (Å²) in [4.78, 5) is 0. The fourth-order valence-electron chi connectivity index (χ4n) is 1.81. The van der Waals surface area contributed by atoms with Crippen molar-refractivity contribution in [2.75, 3.05) is 0 Å². The molecule has 2 rings (SSSR count). The summed E-state index contributed by atoms with van der Waals surface area (Å²) in [6.45, 7) is 0. The number of nitrogens with one attached hydrogen (secondary N) is 1. The molecule has 0 bridgehead atoms. The summed E-state index contributed by atoms with van der Waals surface area (Å²) in [7, 11) is 0. The minimum atomic E-state index is -0.144. The van der Waals surface area contributed by atoms with Crippen LogP contribution < -0.4 is 5.73 Å². The third-order valence-corrected chi connectivity index (χ3v) is 3.10. The van der Waals surface area contributed by atoms with Crippen LogP contribution in [0.15, 0.2) is 54.6 Å². The van der Waals surface area contributed by atoms with Crippen molar-refractivity contribution in [1.29, 1.82) is 5.41 Å². The average Bonchev–Trinajstić information content (AvgIpc) is 2.40. The summed E-state index contributed by atoms with van der Waals surface area (Å²) >= 11 is 5.82. The average molecular weight is 259 g/mol. The molecule has 0 fully saturated rings. The molecular weight excluding hydrogens is 244 g/mol. The maximum atomic E-state index is 8.06. The fourth-order valence-corrected chi connectivity index (χ4v) is 1.93. The summed E-state index contributed by atoms with van der Waals surface area (Å²) < 4.78 is 0. The molecule has 18 heavy (non-hydrogen) atoms. The van der Waals surface area contributed by atoms with E-state index in [2.05, 4.69) is 0 Å². The summed E-state index contributed by atoms with van der Waals surface area (Å²) in [5.41, 5.74) is 8.55. The van der Waals surface area contributed by atoms with Gasteiger partial charge in [-0.25, -0.2) is 0 Å². The highest BCUT2D eigenvalue weighted by atomic mass is 35.5. The smallest absolute Gasteiger partial charge is 0.0406 e. The monoisotopic (exact) mass is 258 g/mol. The van der Waals surface area contributed by atoms with Gasteiger partial charge in [0.25, 0.3) is 0 Å². The van der Waals surface area contributed by atoms with Gasteiger partial charge < -0.3 is 11.1 Å². The Bertz CT molecular complexity index is 520. The Morgan fingerprint density at radius 2 is 1.67 bits per heavy atom. The Hall–Kier alpha value is -1.64. The largest absolute Gasteiger partial charge is 0.324 e. The van der Waals surface area contributed by atoms with Gasteiger partial charge >= 0.3 is 0 Å². The molecule has 0 amide bonds. The van der Waals surface area contributed by atoms with Crippen molar-refractivity contribution in [3.05, 3.63) is 70.7 Å². The molecule has 0 saturated heterocycles. The van der Waals surface area contributed by atoms with Crippen molar-refractivity contribution in [1.82, 2.24) is 0 Å². The molecule has 1 atom stereocenters. The van der Waals surface area contributed by atoms with E-state index in [0.29, 0.717) is 17.2 Å². The lowest BCUT2D eigenvalue weighted by molar-refractivity contribution is 0.760. The van der Waals surface area contributed by atoms with Crippen molar-refractivity contribution >= 4 is 17.3 Å². The molecule has 0 radical (unpaired) electrons. The van der Waals surface area contributed by atoms with E-state index in [1.807, 2.05) is 42.5 Å². The fraction of sp³-hybridized carbons (Fsp3) is 0.133. The Morgan fingerprint density at radius 3 is 2.28 bits per heavy atom. The van der Waals surface area contributed by atoms with Crippen LogP contribution in [-0.4, -0.2) is 5.71 Å². The molecule has 1 unspecified atom stereocenters. The van der Waals surface area contributed by atoms with Crippen molar-refractivity contribution in [3.63, 3.8) is 0 Å². The van der Waals surface area contributed by atoms with Crippen LogP contribution in [0, 0.1) is 5.41 Å². The highest BCUT2D eigenvalue weighted by Gasteiger charge is 2.10. The third kappa shape index (κ3) is 3.19. The van der Waals surface area contributed by atoms with Gasteiger partial charge in [-0.2, -0.15) is 0 Å². The van der Waals surface area contributed by atoms with E-state index in [4.69, 9.17) is 22.7 Å². The van der Waals surface area contributed by atoms with Gasteiger partial charge in [-0.1, -0.05) is 54.1 Å². The van der Waals surface area contributed by atoms with Gasteiger partial charge in [-0.3, -0.25) is 0 Å². The van der Waals surface area contributed by atoms with Crippen LogP contribution in [0.2, 0.25) is 5.02 Å². The molecule has 0 spiro atoms. The standard InChI is InChI=1S/C15H15ClN2/c16-13-8-6-12(7-9-13)15(18)10-14(17)11-4-2-1-3-5-11/h1-9,14,18H,10,17H2. The highest BCUT2D eigenvalue weighted by Crippen LogP contribution is 2.17. The van der Waals surface area contributed by atoms with Crippen molar-refractivity contribution in [2.45, 2.75) is 12.5 Å². The van der Waals surface area contributed by atoms with Gasteiger partial charge in [0, 0.05) is 23.2 Å². The van der Waals surface area contributed by atoms with Gasteiger partial charge in [0.1, 0.15) is 0 Å². The second kappa shape index (κ2) is 5.80. The zero-order valence-electron chi connectivity index (χ0n) is 9.94. The molecular formula is C15H15ClN2. The Balaban J connectivity index is 2.06. The normalized spacial score (nSPS) is 12.1. The van der Waals surface area contributed by atoms with E-state index in [1.165, 1.54) is 0 Å². The van der Waals surface area contributed by atoms with Crippen LogP contribution in [0.5, 0.6) is 0 Å². The zero-order chi connectivity index (χ0) is 13.0. The molecule has 0 heterocycles. The maximum absolute atomic E-state index is 8.06. The second-order valence-corrected chi connectivity index (χ2v) is 4.64. The summed E-state index contributed by atoms with van der Waals surface area (Å²) in [6, 6.07) is 17.0. The van der Waals surface area contributed by atoms with Crippen LogP contribution in [0.25, 0.3) is 0 Å². The minimum Gasteiger partial charge on any atom is -0.324 e. The lowest BCUT2D eigenvalue weighted by Crippen LogP contribution is -2.15. The molecule has 0 aromatic heterocycles.